The zero-order chi connectivity index (χ0) is 27.8. The van der Waals surface area contributed by atoms with Crippen molar-refractivity contribution in [2.24, 2.45) is 5.41 Å². The van der Waals surface area contributed by atoms with Gasteiger partial charge in [-0.15, -0.1) is 0 Å². The molecule has 1 heterocycles. The van der Waals surface area contributed by atoms with Crippen molar-refractivity contribution in [1.82, 2.24) is 14.7 Å². The Morgan fingerprint density at radius 2 is 1.36 bits per heavy atom. The standard InChI is InChI=1S/C33H40FN3O2/c1-33(2,3)24-30(38)37(25-26-14-16-29(34)17-15-26)23-20-35-18-21-36(22-19-35)32(39)31(27-10-6-4-7-11-27)28-12-8-5-9-13-28/h4-17,31H,18-25H2,1-3H3. The molecule has 0 aliphatic carbocycles. The van der Waals surface area contributed by atoms with E-state index in [1.165, 1.54) is 12.1 Å². The van der Waals surface area contributed by atoms with Crippen LogP contribution in [-0.2, 0) is 16.1 Å². The summed E-state index contributed by atoms with van der Waals surface area (Å²) in [6.07, 6.45) is 0.455. The van der Waals surface area contributed by atoms with Gasteiger partial charge >= 0.3 is 0 Å². The van der Waals surface area contributed by atoms with Crippen molar-refractivity contribution in [2.45, 2.75) is 39.7 Å². The number of amides is 2. The lowest BCUT2D eigenvalue weighted by Gasteiger charge is -2.37. The zero-order valence-corrected chi connectivity index (χ0v) is 23.4. The lowest BCUT2D eigenvalue weighted by Crippen LogP contribution is -2.51. The molecule has 0 saturated carbocycles. The van der Waals surface area contributed by atoms with Crippen molar-refractivity contribution in [3.63, 3.8) is 0 Å². The zero-order valence-electron chi connectivity index (χ0n) is 23.4. The Morgan fingerprint density at radius 1 is 0.821 bits per heavy atom. The van der Waals surface area contributed by atoms with E-state index in [1.54, 1.807) is 12.1 Å². The Hall–Kier alpha value is -3.51. The maximum absolute atomic E-state index is 13.7. The van der Waals surface area contributed by atoms with Crippen LogP contribution < -0.4 is 0 Å². The summed E-state index contributed by atoms with van der Waals surface area (Å²) in [4.78, 5) is 33.1. The molecule has 0 atom stereocenters. The third-order valence-corrected chi connectivity index (χ3v) is 7.20. The maximum atomic E-state index is 13.7. The van der Waals surface area contributed by atoms with E-state index in [0.717, 1.165) is 36.3 Å². The monoisotopic (exact) mass is 529 g/mol. The summed E-state index contributed by atoms with van der Waals surface area (Å²) in [5.41, 5.74) is 2.81. The summed E-state index contributed by atoms with van der Waals surface area (Å²) < 4.78 is 13.4. The highest BCUT2D eigenvalue weighted by Gasteiger charge is 2.30. The van der Waals surface area contributed by atoms with E-state index in [2.05, 4.69) is 25.7 Å². The Morgan fingerprint density at radius 3 is 1.87 bits per heavy atom. The van der Waals surface area contributed by atoms with E-state index in [0.29, 0.717) is 32.6 Å². The molecule has 1 saturated heterocycles. The Labute approximate surface area is 232 Å². The van der Waals surface area contributed by atoms with Crippen LogP contribution in [0.2, 0.25) is 0 Å². The van der Waals surface area contributed by atoms with Crippen molar-refractivity contribution < 1.29 is 14.0 Å². The molecule has 4 rings (SSSR count). The van der Waals surface area contributed by atoms with Gasteiger partial charge in [0.25, 0.3) is 0 Å². The summed E-state index contributed by atoms with van der Waals surface area (Å²) in [5.74, 6) is -0.361. The third kappa shape index (κ3) is 8.24. The Kier molecular flexibility index (Phi) is 9.52. The number of hydrogen-bond acceptors (Lipinski definition) is 3. The molecule has 0 spiro atoms. The fourth-order valence-electron chi connectivity index (χ4n) is 5.07. The number of carbonyl (C=O) groups excluding carboxylic acids is 2. The minimum Gasteiger partial charge on any atom is -0.339 e. The highest BCUT2D eigenvalue weighted by atomic mass is 19.1. The van der Waals surface area contributed by atoms with Gasteiger partial charge in [0, 0.05) is 52.2 Å². The summed E-state index contributed by atoms with van der Waals surface area (Å²) in [6.45, 7) is 10.8. The topological polar surface area (TPSA) is 43.9 Å². The Balaban J connectivity index is 1.37. The van der Waals surface area contributed by atoms with Gasteiger partial charge in [-0.05, 0) is 34.2 Å². The van der Waals surface area contributed by atoms with Crippen LogP contribution in [0.15, 0.2) is 84.9 Å². The van der Waals surface area contributed by atoms with Gasteiger partial charge in [-0.1, -0.05) is 93.6 Å². The van der Waals surface area contributed by atoms with Crippen molar-refractivity contribution in [2.75, 3.05) is 39.3 Å². The number of rotatable bonds is 9. The second-order valence-electron chi connectivity index (χ2n) is 11.6. The van der Waals surface area contributed by atoms with Crippen molar-refractivity contribution in [3.8, 4) is 0 Å². The van der Waals surface area contributed by atoms with E-state index in [-0.39, 0.29) is 29.0 Å². The summed E-state index contributed by atoms with van der Waals surface area (Å²) in [5, 5.41) is 0. The number of halogens is 1. The average Bonchev–Trinajstić information content (AvgIpc) is 2.92. The van der Waals surface area contributed by atoms with E-state index in [1.807, 2.05) is 70.5 Å². The van der Waals surface area contributed by atoms with Crippen molar-refractivity contribution in [1.29, 1.82) is 0 Å². The van der Waals surface area contributed by atoms with Gasteiger partial charge in [0.2, 0.25) is 11.8 Å². The van der Waals surface area contributed by atoms with Crippen LogP contribution in [-0.4, -0.2) is 65.8 Å². The van der Waals surface area contributed by atoms with Crippen LogP contribution in [0.1, 0.15) is 49.8 Å². The van der Waals surface area contributed by atoms with E-state index in [4.69, 9.17) is 0 Å². The minimum absolute atomic E-state index is 0.106. The van der Waals surface area contributed by atoms with Crippen LogP contribution >= 0.6 is 0 Å². The molecule has 3 aromatic rings. The molecule has 0 aromatic heterocycles. The SMILES string of the molecule is CC(C)(C)CC(=O)N(CCN1CCN(C(=O)C(c2ccccc2)c2ccccc2)CC1)Cc1ccc(F)cc1. The Bertz CT molecular complexity index is 1160. The molecule has 5 nitrogen and oxygen atoms in total. The first-order valence-corrected chi connectivity index (χ1v) is 13.8. The molecule has 206 valence electrons. The van der Waals surface area contributed by atoms with Gasteiger partial charge in [-0.25, -0.2) is 4.39 Å². The van der Waals surface area contributed by atoms with Crippen molar-refractivity contribution in [3.05, 3.63) is 107 Å². The van der Waals surface area contributed by atoms with Gasteiger partial charge in [0.1, 0.15) is 5.82 Å². The molecule has 0 radical (unpaired) electrons. The summed E-state index contributed by atoms with van der Waals surface area (Å²) >= 11 is 0. The lowest BCUT2D eigenvalue weighted by molar-refractivity contribution is -0.134. The van der Waals surface area contributed by atoms with Crippen LogP contribution in [0.5, 0.6) is 0 Å². The van der Waals surface area contributed by atoms with Gasteiger partial charge < -0.3 is 9.80 Å². The predicted molar refractivity (Wildman–Crippen MR) is 154 cm³/mol. The molecule has 0 bridgehead atoms. The number of carbonyl (C=O) groups is 2. The first-order chi connectivity index (χ1) is 18.7. The number of hydrogen-bond donors (Lipinski definition) is 0. The van der Waals surface area contributed by atoms with Crippen LogP contribution in [0.3, 0.4) is 0 Å². The molecule has 1 aliphatic rings. The van der Waals surface area contributed by atoms with Gasteiger partial charge in [0.15, 0.2) is 0 Å². The molecule has 39 heavy (non-hydrogen) atoms. The maximum Gasteiger partial charge on any atom is 0.234 e. The molecule has 3 aromatic carbocycles. The fraction of sp³-hybridized carbons (Fsp3) is 0.394. The van der Waals surface area contributed by atoms with E-state index < -0.39 is 0 Å². The second-order valence-corrected chi connectivity index (χ2v) is 11.6. The lowest BCUT2D eigenvalue weighted by atomic mass is 9.90. The first-order valence-electron chi connectivity index (χ1n) is 13.8. The number of piperazine rings is 1. The minimum atomic E-state index is -0.319. The van der Waals surface area contributed by atoms with E-state index >= 15 is 0 Å². The van der Waals surface area contributed by atoms with Crippen LogP contribution in [0, 0.1) is 11.2 Å². The van der Waals surface area contributed by atoms with Crippen molar-refractivity contribution >= 4 is 11.8 Å². The second kappa shape index (κ2) is 13.0. The smallest absolute Gasteiger partial charge is 0.234 e. The molecule has 1 fully saturated rings. The predicted octanol–water partition coefficient (Wildman–Crippen LogP) is 5.57. The largest absolute Gasteiger partial charge is 0.339 e. The highest BCUT2D eigenvalue weighted by Crippen LogP contribution is 2.27. The van der Waals surface area contributed by atoms with Crippen LogP contribution in [0.25, 0.3) is 0 Å². The van der Waals surface area contributed by atoms with Gasteiger partial charge in [-0.3, -0.25) is 14.5 Å². The van der Waals surface area contributed by atoms with Crippen LogP contribution in [0.4, 0.5) is 4.39 Å². The fourth-order valence-corrected chi connectivity index (χ4v) is 5.07. The number of benzene rings is 3. The molecular weight excluding hydrogens is 489 g/mol. The highest BCUT2D eigenvalue weighted by molar-refractivity contribution is 5.87. The quantitative estimate of drug-likeness (QED) is 0.364. The molecule has 0 N–H and O–H groups in total. The molecular formula is C33H40FN3O2. The first kappa shape index (κ1) is 28.5. The van der Waals surface area contributed by atoms with Gasteiger partial charge in [-0.2, -0.15) is 0 Å². The molecule has 0 unspecified atom stereocenters. The molecule has 2 amide bonds. The van der Waals surface area contributed by atoms with Gasteiger partial charge in [0.05, 0.1) is 5.92 Å². The number of nitrogens with zero attached hydrogens (tertiary/aromatic N) is 3. The molecule has 6 heteroatoms. The normalized spacial score (nSPS) is 14.4. The molecule has 1 aliphatic heterocycles. The van der Waals surface area contributed by atoms with E-state index in [9.17, 15) is 14.0 Å². The average molecular weight is 530 g/mol. The third-order valence-electron chi connectivity index (χ3n) is 7.20. The summed E-state index contributed by atoms with van der Waals surface area (Å²) in [6, 6.07) is 26.3. The summed E-state index contributed by atoms with van der Waals surface area (Å²) in [7, 11) is 0.